The van der Waals surface area contributed by atoms with Crippen molar-refractivity contribution in [3.8, 4) is 0 Å². The second kappa shape index (κ2) is 5.25. The second-order valence-electron chi connectivity index (χ2n) is 5.60. The van der Waals surface area contributed by atoms with Gasteiger partial charge in [0.1, 0.15) is 5.69 Å². The van der Waals surface area contributed by atoms with Crippen LogP contribution in [0.15, 0.2) is 12.3 Å². The lowest BCUT2D eigenvalue weighted by Crippen LogP contribution is -2.33. The van der Waals surface area contributed by atoms with Gasteiger partial charge in [-0.05, 0) is 17.9 Å². The lowest BCUT2D eigenvalue weighted by Gasteiger charge is -2.19. The summed E-state index contributed by atoms with van der Waals surface area (Å²) < 4.78 is 1.91. The van der Waals surface area contributed by atoms with Gasteiger partial charge in [-0.1, -0.05) is 27.7 Å². The highest BCUT2D eigenvalue weighted by Gasteiger charge is 2.16. The van der Waals surface area contributed by atoms with E-state index in [0.29, 0.717) is 17.9 Å². The average molecular weight is 237 g/mol. The third kappa shape index (κ3) is 4.13. The summed E-state index contributed by atoms with van der Waals surface area (Å²) in [4.78, 5) is 12.0. The number of rotatable bonds is 4. The molecule has 1 amide bonds. The molecule has 0 unspecified atom stereocenters. The molecule has 4 nitrogen and oxygen atoms in total. The summed E-state index contributed by atoms with van der Waals surface area (Å²) in [5, 5.41) is 2.94. The molecule has 0 aromatic carbocycles. The molecule has 0 fully saturated rings. The molecule has 3 N–H and O–H groups in total. The Labute approximate surface area is 103 Å². The van der Waals surface area contributed by atoms with E-state index < -0.39 is 0 Å². The van der Waals surface area contributed by atoms with Gasteiger partial charge >= 0.3 is 0 Å². The van der Waals surface area contributed by atoms with Crippen LogP contribution in [0.5, 0.6) is 0 Å². The Kier molecular flexibility index (Phi) is 4.21. The molecule has 0 saturated carbocycles. The average Bonchev–Trinajstić information content (AvgIpc) is 2.55. The molecule has 17 heavy (non-hydrogen) atoms. The van der Waals surface area contributed by atoms with Crippen molar-refractivity contribution in [3.05, 3.63) is 18.0 Å². The first kappa shape index (κ1) is 13.6. The first-order valence-corrected chi connectivity index (χ1v) is 6.07. The highest BCUT2D eigenvalue weighted by atomic mass is 16.1. The topological polar surface area (TPSA) is 60.0 Å². The van der Waals surface area contributed by atoms with Crippen molar-refractivity contribution in [2.24, 2.45) is 5.41 Å². The fraction of sp³-hybridized carbons (Fsp3) is 0.615. The van der Waals surface area contributed by atoms with E-state index in [-0.39, 0.29) is 11.3 Å². The number of hydrogen-bond donors (Lipinski definition) is 2. The van der Waals surface area contributed by atoms with Crippen LogP contribution in [0.4, 0.5) is 5.69 Å². The number of aromatic nitrogens is 1. The standard InChI is InChI=1S/C13H23N3O/c1-5-6-16-8-10(14)7-11(16)12(17)15-9-13(2,3)4/h7-8H,5-6,9,14H2,1-4H3,(H,15,17). The van der Waals surface area contributed by atoms with Gasteiger partial charge in [-0.3, -0.25) is 4.79 Å². The smallest absolute Gasteiger partial charge is 0.268 e. The van der Waals surface area contributed by atoms with E-state index in [1.807, 2.05) is 10.8 Å². The first-order chi connectivity index (χ1) is 7.83. The Balaban J connectivity index is 2.74. The fourth-order valence-electron chi connectivity index (χ4n) is 1.59. The second-order valence-corrected chi connectivity index (χ2v) is 5.60. The van der Waals surface area contributed by atoms with Crippen molar-refractivity contribution >= 4 is 11.6 Å². The molecule has 0 saturated heterocycles. The van der Waals surface area contributed by atoms with E-state index in [0.717, 1.165) is 13.0 Å². The molecule has 1 aromatic heterocycles. The van der Waals surface area contributed by atoms with Crippen LogP contribution in [0.25, 0.3) is 0 Å². The Morgan fingerprint density at radius 1 is 1.47 bits per heavy atom. The molecule has 0 bridgehead atoms. The van der Waals surface area contributed by atoms with Crippen LogP contribution in [0.2, 0.25) is 0 Å². The van der Waals surface area contributed by atoms with Crippen LogP contribution in [0.1, 0.15) is 44.6 Å². The number of hydrogen-bond acceptors (Lipinski definition) is 2. The monoisotopic (exact) mass is 237 g/mol. The molecule has 1 heterocycles. The Hall–Kier alpha value is -1.45. The van der Waals surface area contributed by atoms with Crippen LogP contribution in [-0.2, 0) is 6.54 Å². The molecule has 0 spiro atoms. The number of aryl methyl sites for hydroxylation is 1. The summed E-state index contributed by atoms with van der Waals surface area (Å²) in [5.74, 6) is -0.0509. The predicted molar refractivity (Wildman–Crippen MR) is 70.9 cm³/mol. The number of nitrogens with zero attached hydrogens (tertiary/aromatic N) is 1. The molecule has 1 rings (SSSR count). The van der Waals surface area contributed by atoms with Crippen molar-refractivity contribution in [2.45, 2.75) is 40.7 Å². The zero-order valence-corrected chi connectivity index (χ0v) is 11.2. The summed E-state index contributed by atoms with van der Waals surface area (Å²) >= 11 is 0. The summed E-state index contributed by atoms with van der Waals surface area (Å²) in [6.07, 6.45) is 2.79. The van der Waals surface area contributed by atoms with Gasteiger partial charge in [0.15, 0.2) is 0 Å². The lowest BCUT2D eigenvalue weighted by molar-refractivity contribution is 0.0930. The lowest BCUT2D eigenvalue weighted by atomic mass is 9.97. The summed E-state index contributed by atoms with van der Waals surface area (Å²) in [6, 6.07) is 1.73. The van der Waals surface area contributed by atoms with Crippen LogP contribution in [0.3, 0.4) is 0 Å². The molecule has 0 aliphatic heterocycles. The van der Waals surface area contributed by atoms with Crippen LogP contribution in [-0.4, -0.2) is 17.0 Å². The number of anilines is 1. The maximum absolute atomic E-state index is 12.0. The highest BCUT2D eigenvalue weighted by Crippen LogP contribution is 2.13. The van der Waals surface area contributed by atoms with E-state index in [2.05, 4.69) is 33.0 Å². The van der Waals surface area contributed by atoms with Gasteiger partial charge in [0.05, 0.1) is 5.69 Å². The Bertz CT molecular complexity index is 388. The van der Waals surface area contributed by atoms with E-state index in [1.54, 1.807) is 6.07 Å². The summed E-state index contributed by atoms with van der Waals surface area (Å²) in [7, 11) is 0. The maximum atomic E-state index is 12.0. The van der Waals surface area contributed by atoms with E-state index >= 15 is 0 Å². The van der Waals surface area contributed by atoms with Gasteiger partial charge < -0.3 is 15.6 Å². The normalized spacial score (nSPS) is 11.5. The van der Waals surface area contributed by atoms with Gasteiger partial charge in [0.25, 0.3) is 5.91 Å². The van der Waals surface area contributed by atoms with Gasteiger partial charge in [0, 0.05) is 19.3 Å². The van der Waals surface area contributed by atoms with Gasteiger partial charge in [-0.2, -0.15) is 0 Å². The number of amides is 1. The minimum Gasteiger partial charge on any atom is -0.397 e. The van der Waals surface area contributed by atoms with Crippen LogP contribution in [0, 0.1) is 5.41 Å². The zero-order chi connectivity index (χ0) is 13.1. The number of carbonyl (C=O) groups excluding carboxylic acids is 1. The molecular formula is C13H23N3O. The molecule has 0 aliphatic rings. The van der Waals surface area contributed by atoms with Crippen LogP contribution < -0.4 is 11.1 Å². The Morgan fingerprint density at radius 3 is 2.65 bits per heavy atom. The largest absolute Gasteiger partial charge is 0.397 e. The van der Waals surface area contributed by atoms with Crippen molar-refractivity contribution in [1.29, 1.82) is 0 Å². The number of nitrogen functional groups attached to an aromatic ring is 1. The third-order valence-corrected chi connectivity index (χ3v) is 2.39. The first-order valence-electron chi connectivity index (χ1n) is 6.07. The molecule has 0 atom stereocenters. The number of nitrogens with one attached hydrogen (secondary N) is 1. The van der Waals surface area contributed by atoms with Crippen LogP contribution >= 0.6 is 0 Å². The Morgan fingerprint density at radius 2 is 2.12 bits per heavy atom. The maximum Gasteiger partial charge on any atom is 0.268 e. The van der Waals surface area contributed by atoms with E-state index in [9.17, 15) is 4.79 Å². The number of nitrogens with two attached hydrogens (primary N) is 1. The van der Waals surface area contributed by atoms with Crippen molar-refractivity contribution in [2.75, 3.05) is 12.3 Å². The quantitative estimate of drug-likeness (QED) is 0.843. The molecule has 4 heteroatoms. The third-order valence-electron chi connectivity index (χ3n) is 2.39. The van der Waals surface area contributed by atoms with Crippen molar-refractivity contribution < 1.29 is 4.79 Å². The molecular weight excluding hydrogens is 214 g/mol. The molecule has 0 aliphatic carbocycles. The van der Waals surface area contributed by atoms with Gasteiger partial charge in [-0.25, -0.2) is 0 Å². The molecule has 96 valence electrons. The van der Waals surface area contributed by atoms with Crippen molar-refractivity contribution in [1.82, 2.24) is 9.88 Å². The summed E-state index contributed by atoms with van der Waals surface area (Å²) in [5.41, 5.74) is 7.10. The highest BCUT2D eigenvalue weighted by molar-refractivity contribution is 5.93. The van der Waals surface area contributed by atoms with Gasteiger partial charge in [0.2, 0.25) is 0 Å². The number of carbonyl (C=O) groups is 1. The minimum atomic E-state index is -0.0509. The SMILES string of the molecule is CCCn1cc(N)cc1C(=O)NCC(C)(C)C. The van der Waals surface area contributed by atoms with Crippen molar-refractivity contribution in [3.63, 3.8) is 0 Å². The van der Waals surface area contributed by atoms with Gasteiger partial charge in [-0.15, -0.1) is 0 Å². The van der Waals surface area contributed by atoms with E-state index in [1.165, 1.54) is 0 Å². The molecule has 0 radical (unpaired) electrons. The fourth-order valence-corrected chi connectivity index (χ4v) is 1.59. The zero-order valence-electron chi connectivity index (χ0n) is 11.2. The summed E-state index contributed by atoms with van der Waals surface area (Å²) in [6.45, 7) is 9.82. The minimum absolute atomic E-state index is 0.0509. The van der Waals surface area contributed by atoms with E-state index in [4.69, 9.17) is 5.73 Å². The molecule has 1 aromatic rings. The predicted octanol–water partition coefficient (Wildman–Crippen LogP) is 2.26.